The van der Waals surface area contributed by atoms with Crippen LogP contribution in [-0.2, 0) is 19.6 Å². The lowest BCUT2D eigenvalue weighted by Gasteiger charge is -2.10. The lowest BCUT2D eigenvalue weighted by molar-refractivity contribution is -0.299. The number of hydrogen-bond donors (Lipinski definition) is 1. The van der Waals surface area contributed by atoms with Gasteiger partial charge in [0.1, 0.15) is 13.2 Å². The monoisotopic (exact) mass is 462 g/mol. The lowest BCUT2D eigenvalue weighted by Crippen LogP contribution is -2.08. The predicted molar refractivity (Wildman–Crippen MR) is 118 cm³/mol. The Hall–Kier alpha value is 0.290. The predicted octanol–water partition coefficient (Wildman–Crippen LogP) is 6.77. The summed E-state index contributed by atoms with van der Waals surface area (Å²) in [4.78, 5) is 26.7. The van der Waals surface area contributed by atoms with E-state index in [9.17, 15) is 0 Å². The minimum Gasteiger partial charge on any atom is -0.237 e. The molecular formula is C18H22O4S5. The zero-order valence-corrected chi connectivity index (χ0v) is 19.8. The minimum absolute atomic E-state index is 0.345. The van der Waals surface area contributed by atoms with Crippen molar-refractivity contribution in [3.8, 4) is 0 Å². The van der Waals surface area contributed by atoms with E-state index in [-0.39, 0.29) is 0 Å². The summed E-state index contributed by atoms with van der Waals surface area (Å²) in [5, 5.41) is 0. The van der Waals surface area contributed by atoms with Crippen LogP contribution in [0.25, 0.3) is 0 Å². The zero-order valence-electron chi connectivity index (χ0n) is 15.6. The van der Waals surface area contributed by atoms with E-state index in [4.69, 9.17) is 32.2 Å². The Balaban J connectivity index is 1.83. The third-order valence-electron chi connectivity index (χ3n) is 3.50. The lowest BCUT2D eigenvalue weighted by atomic mass is 10.3. The van der Waals surface area contributed by atoms with Crippen LogP contribution in [0.1, 0.15) is 27.7 Å². The number of thiol groups is 1. The maximum atomic E-state index is 5.28. The van der Waals surface area contributed by atoms with Crippen molar-refractivity contribution in [2.75, 3.05) is 26.4 Å². The summed E-state index contributed by atoms with van der Waals surface area (Å²) in [6.07, 6.45) is 0. The van der Waals surface area contributed by atoms with E-state index in [2.05, 4.69) is 19.9 Å². The molecule has 0 unspecified atom stereocenters. The maximum absolute atomic E-state index is 5.28. The molecule has 0 aromatic heterocycles. The molecule has 2 heterocycles. The normalized spacial score (nSPS) is 15.3. The van der Waals surface area contributed by atoms with Gasteiger partial charge in [-0.25, -0.2) is 19.6 Å². The Kier molecular flexibility index (Phi) is 8.43. The molecule has 0 N–H and O–H groups in total. The van der Waals surface area contributed by atoms with Crippen LogP contribution in [0.15, 0.2) is 50.2 Å². The molecule has 2 aliphatic rings. The molecule has 0 fully saturated rings. The van der Waals surface area contributed by atoms with E-state index in [0.717, 1.165) is 14.7 Å². The van der Waals surface area contributed by atoms with Crippen LogP contribution in [0.4, 0.5) is 0 Å². The zero-order chi connectivity index (χ0) is 19.4. The fraction of sp³-hybridized carbons (Fsp3) is 0.444. The smallest absolute Gasteiger partial charge is 0.108 e. The number of benzene rings is 1. The molecule has 148 valence electrons. The molecule has 9 heteroatoms. The summed E-state index contributed by atoms with van der Waals surface area (Å²) in [7, 11) is 0. The Bertz CT molecular complexity index is 760. The van der Waals surface area contributed by atoms with Gasteiger partial charge in [-0.15, -0.1) is 12.6 Å². The van der Waals surface area contributed by atoms with Crippen LogP contribution < -0.4 is 0 Å². The molecule has 1 aromatic carbocycles. The van der Waals surface area contributed by atoms with Crippen molar-refractivity contribution in [1.82, 2.24) is 0 Å². The molecule has 0 radical (unpaired) electrons. The van der Waals surface area contributed by atoms with E-state index in [1.165, 1.54) is 29.4 Å². The summed E-state index contributed by atoms with van der Waals surface area (Å²) >= 11 is 12.0. The second kappa shape index (κ2) is 10.4. The van der Waals surface area contributed by atoms with Crippen LogP contribution >= 0.6 is 59.7 Å². The second-order valence-electron chi connectivity index (χ2n) is 5.80. The van der Waals surface area contributed by atoms with Crippen molar-refractivity contribution >= 4 is 59.7 Å². The van der Waals surface area contributed by atoms with Gasteiger partial charge in [0, 0.05) is 34.3 Å². The summed E-state index contributed by atoms with van der Waals surface area (Å²) < 4.78 is 2.49. The first-order valence-corrected chi connectivity index (χ1v) is 12.3. The van der Waals surface area contributed by atoms with Gasteiger partial charge in [0.2, 0.25) is 0 Å². The SMILES string of the molecule is CCOOCC(COOCC)=C1Sc2cc3c(c(S)c2S1)SC(=C(C)C)S3. The highest BCUT2D eigenvalue weighted by Crippen LogP contribution is 2.62. The molecule has 3 rings (SSSR count). The van der Waals surface area contributed by atoms with E-state index in [1.807, 2.05) is 37.4 Å². The summed E-state index contributed by atoms with van der Waals surface area (Å²) in [6.45, 7) is 9.79. The molecule has 2 aliphatic heterocycles. The first-order chi connectivity index (χ1) is 13.0. The van der Waals surface area contributed by atoms with Gasteiger partial charge in [-0.2, -0.15) is 0 Å². The van der Waals surface area contributed by atoms with Gasteiger partial charge in [0.05, 0.1) is 17.5 Å². The van der Waals surface area contributed by atoms with Crippen LogP contribution in [-0.4, -0.2) is 26.4 Å². The van der Waals surface area contributed by atoms with Crippen LogP contribution in [0.3, 0.4) is 0 Å². The van der Waals surface area contributed by atoms with Crippen LogP contribution in [0.5, 0.6) is 0 Å². The molecular weight excluding hydrogens is 441 g/mol. The molecule has 0 saturated carbocycles. The van der Waals surface area contributed by atoms with Crippen molar-refractivity contribution in [2.24, 2.45) is 0 Å². The largest absolute Gasteiger partial charge is 0.237 e. The van der Waals surface area contributed by atoms with Gasteiger partial charge in [0.15, 0.2) is 0 Å². The topological polar surface area (TPSA) is 36.9 Å². The highest BCUT2D eigenvalue weighted by molar-refractivity contribution is 8.25. The van der Waals surface area contributed by atoms with Crippen molar-refractivity contribution in [3.63, 3.8) is 0 Å². The number of thioether (sulfide) groups is 4. The van der Waals surface area contributed by atoms with E-state index >= 15 is 0 Å². The fourth-order valence-electron chi connectivity index (χ4n) is 2.26. The average molecular weight is 463 g/mol. The Labute approximate surface area is 182 Å². The molecule has 1 aromatic rings. The van der Waals surface area contributed by atoms with E-state index in [1.54, 1.807) is 23.5 Å². The first-order valence-electron chi connectivity index (χ1n) is 8.54. The van der Waals surface area contributed by atoms with Gasteiger partial charge in [-0.05, 0) is 33.8 Å². The number of hydrogen-bond acceptors (Lipinski definition) is 9. The van der Waals surface area contributed by atoms with Crippen molar-refractivity contribution < 1.29 is 19.6 Å². The first kappa shape index (κ1) is 22.0. The Morgan fingerprint density at radius 3 is 1.85 bits per heavy atom. The van der Waals surface area contributed by atoms with E-state index in [0.29, 0.717) is 26.4 Å². The van der Waals surface area contributed by atoms with Crippen LogP contribution in [0.2, 0.25) is 0 Å². The highest BCUT2D eigenvalue weighted by Gasteiger charge is 2.30. The molecule has 0 amide bonds. The third-order valence-corrected chi connectivity index (χ3v) is 9.98. The number of rotatable bonds is 8. The molecule has 0 bridgehead atoms. The second-order valence-corrected chi connectivity index (χ2v) is 10.9. The summed E-state index contributed by atoms with van der Waals surface area (Å²) in [5.74, 6) is 0. The molecule has 4 nitrogen and oxygen atoms in total. The van der Waals surface area contributed by atoms with Crippen LogP contribution in [0, 0.1) is 0 Å². The van der Waals surface area contributed by atoms with Gasteiger partial charge >= 0.3 is 0 Å². The molecule has 0 atom stereocenters. The van der Waals surface area contributed by atoms with Crippen molar-refractivity contribution in [1.29, 1.82) is 0 Å². The Morgan fingerprint density at radius 1 is 0.815 bits per heavy atom. The van der Waals surface area contributed by atoms with Gasteiger partial charge in [0.25, 0.3) is 0 Å². The third kappa shape index (κ3) is 5.26. The van der Waals surface area contributed by atoms with Gasteiger partial charge in [-0.3, -0.25) is 0 Å². The standard InChI is InChI=1S/C18H22O4S5/c1-5-19-21-8-11(9-22-20-6-2)18-25-13-7-12-15(14(23)16(13)27-18)26-17(24-12)10(3)4/h7,23H,5-6,8-9H2,1-4H3. The minimum atomic E-state index is 0.345. The number of allylic oxidation sites excluding steroid dienone is 1. The molecule has 0 saturated heterocycles. The quantitative estimate of drug-likeness (QED) is 0.196. The van der Waals surface area contributed by atoms with Crippen molar-refractivity contribution in [3.05, 3.63) is 25.7 Å². The maximum Gasteiger partial charge on any atom is 0.108 e. The van der Waals surface area contributed by atoms with Gasteiger partial charge < -0.3 is 0 Å². The fourth-order valence-corrected chi connectivity index (χ4v) is 8.10. The van der Waals surface area contributed by atoms with Gasteiger partial charge in [-0.1, -0.05) is 52.6 Å². The molecule has 27 heavy (non-hydrogen) atoms. The highest BCUT2D eigenvalue weighted by atomic mass is 32.2. The van der Waals surface area contributed by atoms with E-state index < -0.39 is 0 Å². The molecule has 0 spiro atoms. The summed E-state index contributed by atoms with van der Waals surface area (Å²) in [6, 6.07) is 2.27. The number of fused-ring (bicyclic) bond motifs is 2. The average Bonchev–Trinajstić information content (AvgIpc) is 3.25. The van der Waals surface area contributed by atoms with Crippen molar-refractivity contribution in [2.45, 2.75) is 52.2 Å². The molecule has 0 aliphatic carbocycles. The summed E-state index contributed by atoms with van der Waals surface area (Å²) in [5.41, 5.74) is 2.35. The Morgan fingerprint density at radius 2 is 1.33 bits per heavy atom.